The maximum atomic E-state index is 13.0. The zero-order valence-electron chi connectivity index (χ0n) is 40.2. The average Bonchev–Trinajstić information content (AvgIpc) is 3.30. The van der Waals surface area contributed by atoms with Gasteiger partial charge in [0.25, 0.3) is 0 Å². The minimum absolute atomic E-state index is 0.0561. The Morgan fingerprint density at radius 1 is 0.508 bits per heavy atom. The molecule has 2 saturated heterocycles. The lowest BCUT2D eigenvalue weighted by molar-refractivity contribution is -0.332. The summed E-state index contributed by atoms with van der Waals surface area (Å²) in [7, 11) is 0. The number of allylic oxidation sites excluding steroid dienone is 6. The Morgan fingerprint density at radius 3 is 1.54 bits per heavy atom. The van der Waals surface area contributed by atoms with Crippen molar-refractivity contribution in [1.29, 1.82) is 0 Å². The van der Waals surface area contributed by atoms with E-state index >= 15 is 0 Å². The van der Waals surface area contributed by atoms with Gasteiger partial charge in [-0.3, -0.25) is 4.79 Å². The van der Waals surface area contributed by atoms with Gasteiger partial charge >= 0.3 is 5.97 Å². The molecule has 2 aliphatic heterocycles. The normalized spacial score (nSPS) is 26.8. The van der Waals surface area contributed by atoms with E-state index in [2.05, 4.69) is 50.3 Å². The maximum absolute atomic E-state index is 13.0. The van der Waals surface area contributed by atoms with Gasteiger partial charge in [-0.25, -0.2) is 0 Å². The Balaban J connectivity index is 1.76. The predicted octanol–water partition coefficient (Wildman–Crippen LogP) is 7.41. The molecule has 0 aromatic carbocycles. The van der Waals surface area contributed by atoms with Crippen LogP contribution in [0.25, 0.3) is 0 Å². The summed E-state index contributed by atoms with van der Waals surface area (Å²) in [4.78, 5) is 13.0. The smallest absolute Gasteiger partial charge is 0.306 e. The Kier molecular flexibility index (Phi) is 35.7. The lowest BCUT2D eigenvalue weighted by Crippen LogP contribution is -2.61. The van der Waals surface area contributed by atoms with Crippen LogP contribution in [0.1, 0.15) is 181 Å². The van der Waals surface area contributed by atoms with Crippen molar-refractivity contribution in [3.63, 3.8) is 0 Å². The molecule has 0 aromatic heterocycles. The van der Waals surface area contributed by atoms with Crippen LogP contribution in [0.3, 0.4) is 0 Å². The molecule has 380 valence electrons. The van der Waals surface area contributed by atoms with Crippen molar-refractivity contribution < 1.29 is 69.0 Å². The predicted molar refractivity (Wildman–Crippen MR) is 252 cm³/mol. The van der Waals surface area contributed by atoms with Crippen LogP contribution in [-0.2, 0) is 33.2 Å². The van der Waals surface area contributed by atoms with E-state index in [1.165, 1.54) is 89.9 Å². The van der Waals surface area contributed by atoms with Gasteiger partial charge in [-0.1, -0.05) is 147 Å². The molecule has 14 heteroatoms. The number of aliphatic hydroxyl groups is 7. The first-order valence-corrected chi connectivity index (χ1v) is 25.6. The van der Waals surface area contributed by atoms with Gasteiger partial charge in [-0.15, -0.1) is 0 Å². The summed E-state index contributed by atoms with van der Waals surface area (Å²) < 4.78 is 34.2. The number of carbonyl (C=O) groups is 1. The third kappa shape index (κ3) is 27.1. The zero-order valence-corrected chi connectivity index (χ0v) is 40.2. The van der Waals surface area contributed by atoms with Crippen LogP contribution < -0.4 is 0 Å². The van der Waals surface area contributed by atoms with E-state index in [0.29, 0.717) is 13.0 Å². The Morgan fingerprint density at radius 2 is 0.969 bits per heavy atom. The molecule has 0 saturated carbocycles. The molecule has 11 unspecified atom stereocenters. The third-order valence-electron chi connectivity index (χ3n) is 12.1. The first kappa shape index (κ1) is 59.3. The quantitative estimate of drug-likeness (QED) is 0.0181. The van der Waals surface area contributed by atoms with Gasteiger partial charge in [0.05, 0.1) is 26.4 Å². The van der Waals surface area contributed by atoms with E-state index in [0.717, 1.165) is 64.2 Å². The Hall–Kier alpha value is -1.79. The fourth-order valence-corrected chi connectivity index (χ4v) is 7.88. The van der Waals surface area contributed by atoms with Gasteiger partial charge in [0.15, 0.2) is 12.6 Å². The van der Waals surface area contributed by atoms with Crippen molar-refractivity contribution in [2.75, 3.05) is 33.0 Å². The monoisotopic (exact) mass is 929 g/mol. The fourth-order valence-electron chi connectivity index (χ4n) is 7.88. The molecule has 2 rings (SSSR count). The summed E-state index contributed by atoms with van der Waals surface area (Å²) in [5, 5.41) is 72.1. The fraction of sp³-hybridized carbons (Fsp3) is 0.863. The van der Waals surface area contributed by atoms with Crippen molar-refractivity contribution in [2.45, 2.75) is 248 Å². The number of unbranched alkanes of at least 4 members (excludes halogenated alkanes) is 20. The number of aliphatic hydroxyl groups excluding tert-OH is 7. The highest BCUT2D eigenvalue weighted by molar-refractivity contribution is 5.69. The molecular formula is C51H92O14. The number of esters is 1. The van der Waals surface area contributed by atoms with E-state index in [4.69, 9.17) is 28.4 Å². The summed E-state index contributed by atoms with van der Waals surface area (Å²) in [5.74, 6) is -0.383. The Labute approximate surface area is 391 Å². The first-order chi connectivity index (χ1) is 31.6. The average molecular weight is 929 g/mol. The second kappa shape index (κ2) is 39.1. The minimum Gasteiger partial charge on any atom is -0.457 e. The van der Waals surface area contributed by atoms with Crippen LogP contribution >= 0.6 is 0 Å². The molecule has 11 atom stereocenters. The summed E-state index contributed by atoms with van der Waals surface area (Å²) >= 11 is 0. The van der Waals surface area contributed by atoms with Crippen molar-refractivity contribution in [2.24, 2.45) is 0 Å². The number of hydrogen-bond donors (Lipinski definition) is 7. The second-order valence-electron chi connectivity index (χ2n) is 18.0. The minimum atomic E-state index is -1.71. The van der Waals surface area contributed by atoms with Gasteiger partial charge in [0.2, 0.25) is 0 Å². The van der Waals surface area contributed by atoms with E-state index in [9.17, 15) is 40.5 Å². The SMILES string of the molecule is CCCC/C=C\CCCCCCCCOCC(COC1OC(COC2OC(CO)C(O)C(O)C2O)C(O)C(O)C1O)OC(=O)CCCCCCCCCCC/C=C\C/C=C\CCCCC. The molecule has 2 fully saturated rings. The van der Waals surface area contributed by atoms with Crippen molar-refractivity contribution >= 4 is 5.97 Å². The van der Waals surface area contributed by atoms with E-state index in [1.807, 2.05) is 0 Å². The molecule has 0 amide bonds. The molecule has 14 nitrogen and oxygen atoms in total. The Bertz CT molecular complexity index is 1220. The third-order valence-corrected chi connectivity index (χ3v) is 12.1. The first-order valence-electron chi connectivity index (χ1n) is 25.6. The maximum Gasteiger partial charge on any atom is 0.306 e. The van der Waals surface area contributed by atoms with Gasteiger partial charge < -0.3 is 64.2 Å². The molecule has 7 N–H and O–H groups in total. The van der Waals surface area contributed by atoms with Gasteiger partial charge in [0.1, 0.15) is 54.9 Å². The van der Waals surface area contributed by atoms with Crippen LogP contribution in [0, 0.1) is 0 Å². The van der Waals surface area contributed by atoms with E-state index < -0.39 is 80.7 Å². The topological polar surface area (TPSA) is 214 Å². The summed E-state index contributed by atoms with van der Waals surface area (Å²) in [6, 6.07) is 0. The molecule has 0 bridgehead atoms. The highest BCUT2D eigenvalue weighted by atomic mass is 16.7. The van der Waals surface area contributed by atoms with Crippen LogP contribution in [0.4, 0.5) is 0 Å². The molecule has 65 heavy (non-hydrogen) atoms. The van der Waals surface area contributed by atoms with Crippen LogP contribution in [-0.4, -0.2) is 142 Å². The van der Waals surface area contributed by atoms with Crippen LogP contribution in [0.15, 0.2) is 36.5 Å². The standard InChI is InChI=1S/C51H92O14/c1-3-5-7-9-11-13-15-17-18-19-20-21-22-23-24-26-28-30-32-34-43(53)63-40(37-60-35-33-31-29-27-25-16-14-12-10-8-6-4-2)38-61-50-49(59)47(57)45(55)42(65-50)39-62-51-48(58)46(56)44(54)41(36-52)64-51/h10-13,17-18,40-42,44-52,54-59H,3-9,14-16,19-39H2,1-2H3/b12-10-,13-11-,18-17-. The number of ether oxygens (including phenoxy) is 6. The van der Waals surface area contributed by atoms with Gasteiger partial charge in [0, 0.05) is 13.0 Å². The largest absolute Gasteiger partial charge is 0.457 e. The van der Waals surface area contributed by atoms with E-state index in [-0.39, 0.29) is 25.6 Å². The van der Waals surface area contributed by atoms with Crippen LogP contribution in [0.5, 0.6) is 0 Å². The molecule has 2 aliphatic rings. The number of hydrogen-bond acceptors (Lipinski definition) is 14. The summed E-state index contributed by atoms with van der Waals surface area (Å²) in [6.45, 7) is 3.61. The number of rotatable bonds is 40. The summed E-state index contributed by atoms with van der Waals surface area (Å²) in [5.41, 5.74) is 0. The van der Waals surface area contributed by atoms with Crippen molar-refractivity contribution in [1.82, 2.24) is 0 Å². The highest BCUT2D eigenvalue weighted by Crippen LogP contribution is 2.26. The van der Waals surface area contributed by atoms with Gasteiger partial charge in [-0.2, -0.15) is 0 Å². The van der Waals surface area contributed by atoms with Crippen LogP contribution in [0.2, 0.25) is 0 Å². The molecule has 0 aliphatic carbocycles. The lowest BCUT2D eigenvalue weighted by atomic mass is 9.98. The second-order valence-corrected chi connectivity index (χ2v) is 18.0. The molecule has 0 radical (unpaired) electrons. The highest BCUT2D eigenvalue weighted by Gasteiger charge is 2.47. The molecule has 2 heterocycles. The molecular weight excluding hydrogens is 837 g/mol. The van der Waals surface area contributed by atoms with E-state index in [1.54, 1.807) is 0 Å². The lowest BCUT2D eigenvalue weighted by Gasteiger charge is -2.42. The molecule has 0 spiro atoms. The van der Waals surface area contributed by atoms with Gasteiger partial charge in [-0.05, 0) is 64.2 Å². The molecule has 0 aromatic rings. The summed E-state index contributed by atoms with van der Waals surface area (Å²) in [6.07, 6.45) is 26.3. The number of carbonyl (C=O) groups excluding carboxylic acids is 1. The zero-order chi connectivity index (χ0) is 47.3. The van der Waals surface area contributed by atoms with Crippen molar-refractivity contribution in [3.05, 3.63) is 36.5 Å². The van der Waals surface area contributed by atoms with Crippen molar-refractivity contribution in [3.8, 4) is 0 Å².